The first-order chi connectivity index (χ1) is 13.0. The van der Waals surface area contributed by atoms with Gasteiger partial charge in [0.15, 0.2) is 0 Å². The number of aliphatic carboxylic acids is 1. The summed E-state index contributed by atoms with van der Waals surface area (Å²) in [6, 6.07) is 20.3. The van der Waals surface area contributed by atoms with Gasteiger partial charge in [0.25, 0.3) is 5.91 Å². The van der Waals surface area contributed by atoms with Crippen LogP contribution in [0, 0.1) is 0 Å². The molecule has 0 aliphatic heterocycles. The first-order valence-corrected chi connectivity index (χ1v) is 8.87. The molecule has 0 aromatic heterocycles. The molecule has 0 aliphatic rings. The zero-order valence-electron chi connectivity index (χ0n) is 14.9. The maximum absolute atomic E-state index is 12.3. The minimum absolute atomic E-state index is 0.149. The van der Waals surface area contributed by atoms with Gasteiger partial charge in [0.1, 0.15) is 6.04 Å². The highest BCUT2D eigenvalue weighted by molar-refractivity contribution is 5.94. The highest BCUT2D eigenvalue weighted by Crippen LogP contribution is 2.18. The Labute approximate surface area is 157 Å². The van der Waals surface area contributed by atoms with E-state index in [4.69, 9.17) is 10.8 Å². The van der Waals surface area contributed by atoms with Crippen molar-refractivity contribution in [2.45, 2.75) is 18.9 Å². The molecule has 1 atom stereocenters. The third kappa shape index (κ3) is 4.71. The molecule has 27 heavy (non-hydrogen) atoms. The van der Waals surface area contributed by atoms with Gasteiger partial charge in [-0.15, -0.1) is 0 Å². The lowest BCUT2D eigenvalue weighted by molar-refractivity contribution is -0.138. The van der Waals surface area contributed by atoms with Gasteiger partial charge in [0.05, 0.1) is 0 Å². The van der Waals surface area contributed by atoms with Crippen LogP contribution in [0.25, 0.3) is 10.8 Å². The van der Waals surface area contributed by atoms with E-state index in [0.29, 0.717) is 12.1 Å². The van der Waals surface area contributed by atoms with E-state index >= 15 is 0 Å². The van der Waals surface area contributed by atoms with Crippen molar-refractivity contribution >= 4 is 22.6 Å². The van der Waals surface area contributed by atoms with Gasteiger partial charge in [-0.05, 0) is 46.9 Å². The van der Waals surface area contributed by atoms with Crippen molar-refractivity contribution in [1.29, 1.82) is 0 Å². The topological polar surface area (TPSA) is 92.4 Å². The van der Waals surface area contributed by atoms with Crippen LogP contribution in [0.5, 0.6) is 0 Å². The summed E-state index contributed by atoms with van der Waals surface area (Å²) in [5.74, 6) is -1.19. The summed E-state index contributed by atoms with van der Waals surface area (Å²) in [7, 11) is 0. The second-order valence-corrected chi connectivity index (χ2v) is 6.49. The Kier molecular flexibility index (Phi) is 5.84. The maximum Gasteiger partial charge on any atom is 0.320 e. The van der Waals surface area contributed by atoms with Crippen LogP contribution in [0.2, 0.25) is 0 Å². The third-order valence-electron chi connectivity index (χ3n) is 4.55. The number of fused-ring (bicyclic) bond motifs is 1. The lowest BCUT2D eigenvalue weighted by Crippen LogP contribution is -2.32. The average Bonchev–Trinajstić information content (AvgIpc) is 2.68. The zero-order chi connectivity index (χ0) is 19.2. The van der Waals surface area contributed by atoms with Gasteiger partial charge >= 0.3 is 5.97 Å². The molecular weight excluding hydrogens is 340 g/mol. The molecule has 0 fully saturated rings. The van der Waals surface area contributed by atoms with Gasteiger partial charge in [-0.1, -0.05) is 54.6 Å². The van der Waals surface area contributed by atoms with Crippen LogP contribution in [-0.2, 0) is 17.6 Å². The molecule has 0 radical (unpaired) electrons. The van der Waals surface area contributed by atoms with E-state index < -0.39 is 12.0 Å². The molecule has 0 spiro atoms. The number of amides is 1. The van der Waals surface area contributed by atoms with E-state index in [2.05, 4.69) is 29.6 Å². The molecule has 5 nitrogen and oxygen atoms in total. The van der Waals surface area contributed by atoms with Gasteiger partial charge < -0.3 is 16.2 Å². The fourth-order valence-electron chi connectivity index (χ4n) is 3.06. The second kappa shape index (κ2) is 8.47. The Morgan fingerprint density at radius 3 is 2.41 bits per heavy atom. The molecule has 138 valence electrons. The first-order valence-electron chi connectivity index (χ1n) is 8.87. The summed E-state index contributed by atoms with van der Waals surface area (Å²) in [6.45, 7) is 0.540. The van der Waals surface area contributed by atoms with Gasteiger partial charge in [-0.3, -0.25) is 9.59 Å². The van der Waals surface area contributed by atoms with Gasteiger partial charge in [0.2, 0.25) is 0 Å². The molecule has 3 rings (SSSR count). The zero-order valence-corrected chi connectivity index (χ0v) is 14.9. The van der Waals surface area contributed by atoms with Crippen molar-refractivity contribution in [3.63, 3.8) is 0 Å². The number of nitrogens with one attached hydrogen (secondary N) is 1. The highest BCUT2D eigenvalue weighted by Gasteiger charge is 2.12. The lowest BCUT2D eigenvalue weighted by atomic mass is 10.0. The van der Waals surface area contributed by atoms with Crippen LogP contribution in [0.1, 0.15) is 21.5 Å². The van der Waals surface area contributed by atoms with Gasteiger partial charge in [-0.25, -0.2) is 0 Å². The molecule has 5 heteroatoms. The lowest BCUT2D eigenvalue weighted by Gasteiger charge is -2.09. The Morgan fingerprint density at radius 2 is 1.67 bits per heavy atom. The van der Waals surface area contributed by atoms with Crippen LogP contribution < -0.4 is 11.1 Å². The maximum atomic E-state index is 12.3. The highest BCUT2D eigenvalue weighted by atomic mass is 16.4. The molecule has 0 saturated heterocycles. The predicted molar refractivity (Wildman–Crippen MR) is 106 cm³/mol. The van der Waals surface area contributed by atoms with Crippen molar-refractivity contribution in [3.8, 4) is 0 Å². The second-order valence-electron chi connectivity index (χ2n) is 6.49. The number of benzene rings is 3. The van der Waals surface area contributed by atoms with Crippen molar-refractivity contribution < 1.29 is 14.7 Å². The van der Waals surface area contributed by atoms with E-state index in [9.17, 15) is 9.59 Å². The molecule has 0 saturated carbocycles. The van der Waals surface area contributed by atoms with Crippen LogP contribution in [0.3, 0.4) is 0 Å². The van der Waals surface area contributed by atoms with Crippen LogP contribution >= 0.6 is 0 Å². The van der Waals surface area contributed by atoms with Crippen molar-refractivity contribution in [3.05, 3.63) is 83.4 Å². The molecular formula is C22H22N2O3. The Morgan fingerprint density at radius 1 is 0.963 bits per heavy atom. The fraction of sp³-hybridized carbons (Fsp3) is 0.182. The normalized spacial score (nSPS) is 11.9. The minimum atomic E-state index is -1.04. The fourth-order valence-corrected chi connectivity index (χ4v) is 3.06. The van der Waals surface area contributed by atoms with Gasteiger partial charge in [0, 0.05) is 12.1 Å². The monoisotopic (exact) mass is 362 g/mol. The molecule has 0 aliphatic carbocycles. The summed E-state index contributed by atoms with van der Waals surface area (Å²) in [5, 5.41) is 14.2. The van der Waals surface area contributed by atoms with Crippen LogP contribution in [0.4, 0.5) is 0 Å². The minimum Gasteiger partial charge on any atom is -0.480 e. The molecule has 3 aromatic carbocycles. The number of carbonyl (C=O) groups is 2. The van der Waals surface area contributed by atoms with E-state index in [1.165, 1.54) is 16.3 Å². The Balaban J connectivity index is 1.57. The quantitative estimate of drug-likeness (QED) is 0.603. The molecule has 3 aromatic rings. The number of rotatable bonds is 7. The predicted octanol–water partition coefficient (Wildman–Crippen LogP) is 2.77. The summed E-state index contributed by atoms with van der Waals surface area (Å²) >= 11 is 0. The Bertz CT molecular complexity index is 946. The number of hydrogen-bond donors (Lipinski definition) is 3. The number of nitrogens with two attached hydrogens (primary N) is 1. The molecule has 1 amide bonds. The van der Waals surface area contributed by atoms with E-state index in [0.717, 1.165) is 12.0 Å². The largest absolute Gasteiger partial charge is 0.480 e. The Hall–Kier alpha value is -3.18. The first kappa shape index (κ1) is 18.6. The van der Waals surface area contributed by atoms with Gasteiger partial charge in [-0.2, -0.15) is 0 Å². The molecule has 4 N–H and O–H groups in total. The van der Waals surface area contributed by atoms with Crippen LogP contribution in [-0.4, -0.2) is 29.6 Å². The van der Waals surface area contributed by atoms with E-state index in [-0.39, 0.29) is 12.3 Å². The average molecular weight is 362 g/mol. The standard InChI is InChI=1S/C22H22N2O3/c23-20(22(26)27)14-15-8-10-18(11-9-15)21(25)24-13-12-17-6-3-5-16-4-1-2-7-19(16)17/h1-11,20H,12-14,23H2,(H,24,25)(H,26,27)/t20-/m0/s1. The summed E-state index contributed by atoms with van der Waals surface area (Å²) in [5.41, 5.74) is 8.06. The summed E-state index contributed by atoms with van der Waals surface area (Å²) in [4.78, 5) is 23.1. The molecule has 0 bridgehead atoms. The number of carboxylic acids is 1. The van der Waals surface area contributed by atoms with E-state index in [1.807, 2.05) is 18.2 Å². The number of carbonyl (C=O) groups excluding carboxylic acids is 1. The third-order valence-corrected chi connectivity index (χ3v) is 4.55. The van der Waals surface area contributed by atoms with Crippen LogP contribution in [0.15, 0.2) is 66.7 Å². The summed E-state index contributed by atoms with van der Waals surface area (Å²) in [6.07, 6.45) is 0.983. The summed E-state index contributed by atoms with van der Waals surface area (Å²) < 4.78 is 0. The number of carboxylic acid groups (broad SMARTS) is 1. The van der Waals surface area contributed by atoms with Crippen molar-refractivity contribution in [2.75, 3.05) is 6.54 Å². The smallest absolute Gasteiger partial charge is 0.320 e. The van der Waals surface area contributed by atoms with Crippen molar-refractivity contribution in [1.82, 2.24) is 5.32 Å². The molecule has 0 unspecified atom stereocenters. The SMILES string of the molecule is N[C@@H](Cc1ccc(C(=O)NCCc2cccc3ccccc23)cc1)C(=O)O. The molecule has 0 heterocycles. The number of hydrogen-bond acceptors (Lipinski definition) is 3. The van der Waals surface area contributed by atoms with Crippen molar-refractivity contribution in [2.24, 2.45) is 5.73 Å². The van der Waals surface area contributed by atoms with E-state index in [1.54, 1.807) is 24.3 Å².